The van der Waals surface area contributed by atoms with Crippen LogP contribution in [0.1, 0.15) is 26.7 Å². The normalized spacial score (nSPS) is 28.2. The number of nitrogens with one attached hydrogen (secondary N) is 1. The summed E-state index contributed by atoms with van der Waals surface area (Å²) in [5.41, 5.74) is 0. The van der Waals surface area contributed by atoms with Crippen molar-refractivity contribution in [3.05, 3.63) is 0 Å². The molecule has 1 aliphatic heterocycles. The van der Waals surface area contributed by atoms with Crippen LogP contribution in [0.25, 0.3) is 0 Å². The minimum absolute atomic E-state index is 0.384. The lowest BCUT2D eigenvalue weighted by Crippen LogP contribution is -2.34. The molecule has 0 aromatic rings. The molecule has 0 spiro atoms. The fraction of sp³-hybridized carbons (Fsp3) is 1.00. The highest BCUT2D eigenvalue weighted by atomic mass is 16.5. The quantitative estimate of drug-likeness (QED) is 0.655. The molecule has 3 atom stereocenters. The van der Waals surface area contributed by atoms with Crippen LogP contribution >= 0.6 is 0 Å². The molecule has 0 aliphatic carbocycles. The molecular formula is C12H25NO2. The number of hydrogen-bond acceptors (Lipinski definition) is 3. The molecule has 1 saturated heterocycles. The summed E-state index contributed by atoms with van der Waals surface area (Å²) in [7, 11) is 1.76. The van der Waals surface area contributed by atoms with Gasteiger partial charge in [0.2, 0.25) is 0 Å². The first kappa shape index (κ1) is 12.9. The van der Waals surface area contributed by atoms with Gasteiger partial charge in [-0.25, -0.2) is 0 Å². The molecule has 3 nitrogen and oxygen atoms in total. The van der Waals surface area contributed by atoms with E-state index in [1.165, 1.54) is 12.8 Å². The molecule has 1 rings (SSSR count). The predicted molar refractivity (Wildman–Crippen MR) is 62.0 cm³/mol. The van der Waals surface area contributed by atoms with Gasteiger partial charge in [0.05, 0.1) is 12.7 Å². The van der Waals surface area contributed by atoms with Gasteiger partial charge in [-0.3, -0.25) is 0 Å². The van der Waals surface area contributed by atoms with Crippen LogP contribution < -0.4 is 5.32 Å². The summed E-state index contributed by atoms with van der Waals surface area (Å²) in [4.78, 5) is 0. The minimum Gasteiger partial charge on any atom is -0.384 e. The van der Waals surface area contributed by atoms with Crippen LogP contribution in [0.3, 0.4) is 0 Å². The van der Waals surface area contributed by atoms with Gasteiger partial charge < -0.3 is 14.8 Å². The van der Waals surface area contributed by atoms with Crippen molar-refractivity contribution in [1.82, 2.24) is 5.32 Å². The van der Waals surface area contributed by atoms with E-state index in [4.69, 9.17) is 9.47 Å². The average molecular weight is 215 g/mol. The Kier molecular flexibility index (Phi) is 6.22. The fourth-order valence-corrected chi connectivity index (χ4v) is 2.32. The first-order valence-electron chi connectivity index (χ1n) is 6.10. The van der Waals surface area contributed by atoms with Gasteiger partial charge in [-0.1, -0.05) is 13.8 Å². The zero-order chi connectivity index (χ0) is 11.1. The Labute approximate surface area is 93.5 Å². The molecule has 0 saturated carbocycles. The second-order valence-electron chi connectivity index (χ2n) is 4.52. The van der Waals surface area contributed by atoms with Crippen molar-refractivity contribution in [2.75, 3.05) is 33.4 Å². The van der Waals surface area contributed by atoms with E-state index in [9.17, 15) is 0 Å². The SMILES string of the molecule is CCCNCC1CCOC1C(C)COC. The first-order valence-corrected chi connectivity index (χ1v) is 6.10. The molecule has 0 aromatic carbocycles. The van der Waals surface area contributed by atoms with Crippen LogP contribution in [0.4, 0.5) is 0 Å². The molecule has 1 aliphatic rings. The van der Waals surface area contributed by atoms with Crippen molar-refractivity contribution in [3.8, 4) is 0 Å². The monoisotopic (exact) mass is 215 g/mol. The van der Waals surface area contributed by atoms with Gasteiger partial charge in [-0.15, -0.1) is 0 Å². The van der Waals surface area contributed by atoms with Crippen LogP contribution in [0.5, 0.6) is 0 Å². The van der Waals surface area contributed by atoms with Crippen LogP contribution in [0, 0.1) is 11.8 Å². The third-order valence-electron chi connectivity index (χ3n) is 3.09. The number of hydrogen-bond donors (Lipinski definition) is 1. The lowest BCUT2D eigenvalue weighted by Gasteiger charge is -2.24. The van der Waals surface area contributed by atoms with E-state index in [0.717, 1.165) is 26.3 Å². The van der Waals surface area contributed by atoms with E-state index in [1.807, 2.05) is 0 Å². The summed E-state index contributed by atoms with van der Waals surface area (Å²) in [6.45, 7) is 8.33. The summed E-state index contributed by atoms with van der Waals surface area (Å²) in [6.07, 6.45) is 2.77. The number of methoxy groups -OCH3 is 1. The second-order valence-corrected chi connectivity index (χ2v) is 4.52. The first-order chi connectivity index (χ1) is 7.29. The van der Waals surface area contributed by atoms with Gasteiger partial charge in [-0.2, -0.15) is 0 Å². The van der Waals surface area contributed by atoms with Gasteiger partial charge in [0.1, 0.15) is 0 Å². The third kappa shape index (κ3) is 4.09. The highest BCUT2D eigenvalue weighted by Crippen LogP contribution is 2.26. The lowest BCUT2D eigenvalue weighted by molar-refractivity contribution is 0.0142. The fourth-order valence-electron chi connectivity index (χ4n) is 2.32. The van der Waals surface area contributed by atoms with Crippen molar-refractivity contribution in [2.45, 2.75) is 32.8 Å². The number of rotatable bonds is 7. The Morgan fingerprint density at radius 3 is 3.00 bits per heavy atom. The largest absolute Gasteiger partial charge is 0.384 e. The number of ether oxygens (including phenoxy) is 2. The Morgan fingerprint density at radius 1 is 1.53 bits per heavy atom. The van der Waals surface area contributed by atoms with Gasteiger partial charge in [0.25, 0.3) is 0 Å². The van der Waals surface area contributed by atoms with E-state index in [-0.39, 0.29) is 0 Å². The van der Waals surface area contributed by atoms with Gasteiger partial charge >= 0.3 is 0 Å². The molecule has 1 fully saturated rings. The summed E-state index contributed by atoms with van der Waals surface area (Å²) in [6, 6.07) is 0. The Hall–Kier alpha value is -0.120. The molecule has 0 amide bonds. The van der Waals surface area contributed by atoms with Crippen molar-refractivity contribution in [1.29, 1.82) is 0 Å². The van der Waals surface area contributed by atoms with E-state index in [0.29, 0.717) is 17.9 Å². The predicted octanol–water partition coefficient (Wildman–Crippen LogP) is 1.67. The smallest absolute Gasteiger partial charge is 0.0663 e. The summed E-state index contributed by atoms with van der Waals surface area (Å²) in [5.74, 6) is 1.17. The molecule has 1 heterocycles. The molecule has 0 radical (unpaired) electrons. The van der Waals surface area contributed by atoms with Crippen LogP contribution in [0.15, 0.2) is 0 Å². The second kappa shape index (κ2) is 7.20. The molecule has 15 heavy (non-hydrogen) atoms. The Balaban J connectivity index is 2.28. The van der Waals surface area contributed by atoms with Crippen molar-refractivity contribution in [2.24, 2.45) is 11.8 Å². The summed E-state index contributed by atoms with van der Waals surface area (Å²) >= 11 is 0. The van der Waals surface area contributed by atoms with Crippen molar-refractivity contribution in [3.63, 3.8) is 0 Å². The summed E-state index contributed by atoms with van der Waals surface area (Å²) in [5, 5.41) is 3.48. The van der Waals surface area contributed by atoms with Crippen LogP contribution in [0.2, 0.25) is 0 Å². The van der Waals surface area contributed by atoms with Gasteiger partial charge in [0.15, 0.2) is 0 Å². The Morgan fingerprint density at radius 2 is 2.33 bits per heavy atom. The van der Waals surface area contributed by atoms with E-state index < -0.39 is 0 Å². The van der Waals surface area contributed by atoms with Crippen LogP contribution in [-0.4, -0.2) is 39.5 Å². The lowest BCUT2D eigenvalue weighted by atomic mass is 9.92. The van der Waals surface area contributed by atoms with Gasteiger partial charge in [-0.05, 0) is 19.4 Å². The van der Waals surface area contributed by atoms with Crippen molar-refractivity contribution >= 4 is 0 Å². The molecule has 90 valence electrons. The molecule has 1 N–H and O–H groups in total. The van der Waals surface area contributed by atoms with Gasteiger partial charge in [0, 0.05) is 32.1 Å². The Bertz CT molecular complexity index is 164. The molecule has 3 heteroatoms. The van der Waals surface area contributed by atoms with E-state index in [1.54, 1.807) is 7.11 Å². The molecular weight excluding hydrogens is 190 g/mol. The standard InChI is InChI=1S/C12H25NO2/c1-4-6-13-8-11-5-7-15-12(11)10(2)9-14-3/h10-13H,4-9H2,1-3H3. The summed E-state index contributed by atoms with van der Waals surface area (Å²) < 4.78 is 11.0. The maximum atomic E-state index is 5.79. The molecule has 3 unspecified atom stereocenters. The zero-order valence-corrected chi connectivity index (χ0v) is 10.3. The molecule has 0 bridgehead atoms. The van der Waals surface area contributed by atoms with E-state index in [2.05, 4.69) is 19.2 Å². The van der Waals surface area contributed by atoms with Crippen molar-refractivity contribution < 1.29 is 9.47 Å². The third-order valence-corrected chi connectivity index (χ3v) is 3.09. The van der Waals surface area contributed by atoms with E-state index >= 15 is 0 Å². The molecule has 0 aromatic heterocycles. The topological polar surface area (TPSA) is 30.5 Å². The minimum atomic E-state index is 0.384. The van der Waals surface area contributed by atoms with Crippen LogP contribution in [-0.2, 0) is 9.47 Å². The highest BCUT2D eigenvalue weighted by molar-refractivity contribution is 4.81. The maximum absolute atomic E-state index is 5.79. The zero-order valence-electron chi connectivity index (χ0n) is 10.3. The average Bonchev–Trinajstić information content (AvgIpc) is 2.67. The highest BCUT2D eigenvalue weighted by Gasteiger charge is 2.31. The maximum Gasteiger partial charge on any atom is 0.0663 e.